The molecule has 5 atom stereocenters. The molecule has 2 aliphatic rings. The van der Waals surface area contributed by atoms with E-state index in [9.17, 15) is 31.9 Å². The van der Waals surface area contributed by atoms with Crippen LogP contribution < -0.4 is 15.4 Å². The molecule has 34 heavy (non-hydrogen) atoms. The van der Waals surface area contributed by atoms with Gasteiger partial charge in [-0.1, -0.05) is 0 Å². The van der Waals surface area contributed by atoms with E-state index in [4.69, 9.17) is 4.74 Å². The van der Waals surface area contributed by atoms with Crippen molar-refractivity contribution in [3.63, 3.8) is 0 Å². The van der Waals surface area contributed by atoms with Gasteiger partial charge in [-0.15, -0.1) is 0 Å². The molecule has 2 fully saturated rings. The van der Waals surface area contributed by atoms with Crippen LogP contribution in [0.2, 0.25) is 0 Å². The van der Waals surface area contributed by atoms with Gasteiger partial charge in [0.15, 0.2) is 15.1 Å². The topological polar surface area (TPSA) is 122 Å². The van der Waals surface area contributed by atoms with E-state index in [1.54, 1.807) is 0 Å². The van der Waals surface area contributed by atoms with Crippen LogP contribution in [0.3, 0.4) is 0 Å². The smallest absolute Gasteiger partial charge is 0.241 e. The molecule has 2 amide bonds. The Morgan fingerprint density at radius 2 is 1.85 bits per heavy atom. The molecule has 1 aliphatic heterocycles. The maximum atomic E-state index is 13.9. The molecule has 1 aliphatic carbocycles. The fraction of sp³-hybridized carbons (Fsp3) is 0.391. The summed E-state index contributed by atoms with van der Waals surface area (Å²) < 4.78 is 58.2. The molecule has 8 nitrogen and oxygen atoms in total. The van der Waals surface area contributed by atoms with E-state index >= 15 is 0 Å². The number of benzene rings is 2. The minimum atomic E-state index is -4.18. The van der Waals surface area contributed by atoms with Crippen LogP contribution in [0.5, 0.6) is 5.75 Å². The number of carbonyl (C=O) groups excluding carboxylic acids is 2. The number of hydrogen-bond acceptors (Lipinski definition) is 6. The van der Waals surface area contributed by atoms with Gasteiger partial charge in [0.25, 0.3) is 0 Å². The molecule has 0 radical (unpaired) electrons. The van der Waals surface area contributed by atoms with E-state index in [2.05, 4.69) is 10.6 Å². The summed E-state index contributed by atoms with van der Waals surface area (Å²) in [6.45, 7) is 0. The van der Waals surface area contributed by atoms with Crippen molar-refractivity contribution in [3.05, 3.63) is 54.1 Å². The summed E-state index contributed by atoms with van der Waals surface area (Å²) in [5.41, 5.74) is -0.160. The number of carbonyl (C=O) groups is 2. The van der Waals surface area contributed by atoms with Crippen molar-refractivity contribution in [2.24, 2.45) is 11.8 Å². The highest BCUT2D eigenvalue weighted by Crippen LogP contribution is 2.38. The predicted octanol–water partition coefficient (Wildman–Crippen LogP) is 2.03. The molecular formula is C23H24F2N2O6S. The summed E-state index contributed by atoms with van der Waals surface area (Å²) in [6, 6.07) is 7.73. The SMILES string of the molecule is COc1ccc(S(=O)(=O)C2C(=O)NC3CC(C(=O)Nc4ccc(F)cc4F)CCC3C2O)cc1. The van der Waals surface area contributed by atoms with E-state index < -0.39 is 62.5 Å². The van der Waals surface area contributed by atoms with Crippen LogP contribution in [0.25, 0.3) is 0 Å². The van der Waals surface area contributed by atoms with Crippen LogP contribution in [0, 0.1) is 23.5 Å². The highest BCUT2D eigenvalue weighted by atomic mass is 32.2. The molecule has 0 bridgehead atoms. The minimum Gasteiger partial charge on any atom is -0.497 e. The molecule has 1 heterocycles. The van der Waals surface area contributed by atoms with E-state index in [0.717, 1.165) is 12.1 Å². The van der Waals surface area contributed by atoms with Crippen LogP contribution in [0.4, 0.5) is 14.5 Å². The van der Waals surface area contributed by atoms with Gasteiger partial charge >= 0.3 is 0 Å². The van der Waals surface area contributed by atoms with Crippen molar-refractivity contribution in [1.29, 1.82) is 0 Å². The Labute approximate surface area is 195 Å². The first-order chi connectivity index (χ1) is 16.1. The summed E-state index contributed by atoms with van der Waals surface area (Å²) in [4.78, 5) is 25.3. The normalized spacial score (nSPS) is 26.8. The molecule has 4 rings (SSSR count). The first-order valence-electron chi connectivity index (χ1n) is 10.7. The van der Waals surface area contributed by atoms with Crippen molar-refractivity contribution in [1.82, 2.24) is 5.32 Å². The molecule has 1 saturated carbocycles. The Bertz CT molecular complexity index is 1200. The second-order valence-corrected chi connectivity index (χ2v) is 10.6. The summed E-state index contributed by atoms with van der Waals surface area (Å²) in [5.74, 6) is -3.74. The van der Waals surface area contributed by atoms with Crippen LogP contribution in [0.15, 0.2) is 47.4 Å². The lowest BCUT2D eigenvalue weighted by Crippen LogP contribution is -2.63. The molecule has 0 spiro atoms. The minimum absolute atomic E-state index is 0.111. The lowest BCUT2D eigenvalue weighted by Gasteiger charge is -2.44. The third kappa shape index (κ3) is 4.49. The molecule has 2 aromatic carbocycles. The van der Waals surface area contributed by atoms with Crippen molar-refractivity contribution in [2.75, 3.05) is 12.4 Å². The second kappa shape index (κ2) is 9.30. The first kappa shape index (κ1) is 24.1. The molecule has 2 aromatic rings. The number of rotatable bonds is 5. The highest BCUT2D eigenvalue weighted by molar-refractivity contribution is 7.92. The Kier molecular flexibility index (Phi) is 6.59. The quantitative estimate of drug-likeness (QED) is 0.585. The Hall–Kier alpha value is -3.05. The van der Waals surface area contributed by atoms with Gasteiger partial charge in [-0.3, -0.25) is 9.59 Å². The van der Waals surface area contributed by atoms with Crippen LogP contribution in [-0.2, 0) is 19.4 Å². The molecule has 11 heteroatoms. The number of halogens is 2. The Morgan fingerprint density at radius 3 is 2.50 bits per heavy atom. The van der Waals surface area contributed by atoms with Crippen molar-refractivity contribution >= 4 is 27.3 Å². The monoisotopic (exact) mass is 494 g/mol. The average Bonchev–Trinajstić information content (AvgIpc) is 2.80. The standard InChI is InChI=1S/C23H24F2N2O6S/c1-33-14-4-6-15(7-5-14)34(31,32)21-20(28)16-8-2-12(10-19(16)27-23(21)30)22(29)26-18-9-3-13(24)11-17(18)25/h3-7,9,11-12,16,19-21,28H,2,8,10H2,1H3,(H,26,29)(H,27,30). The number of sulfone groups is 1. The number of aliphatic hydroxyl groups is 1. The fourth-order valence-corrected chi connectivity index (χ4v) is 6.44. The first-order valence-corrected chi connectivity index (χ1v) is 12.3. The summed E-state index contributed by atoms with van der Waals surface area (Å²) in [5, 5.41) is 14.3. The van der Waals surface area contributed by atoms with E-state index in [1.165, 1.54) is 31.4 Å². The molecule has 5 unspecified atom stereocenters. The number of hydrogen-bond donors (Lipinski definition) is 3. The van der Waals surface area contributed by atoms with E-state index in [-0.39, 0.29) is 23.4 Å². The summed E-state index contributed by atoms with van der Waals surface area (Å²) in [7, 11) is -2.74. The number of nitrogens with one attached hydrogen (secondary N) is 2. The van der Waals surface area contributed by atoms with E-state index in [0.29, 0.717) is 18.2 Å². The van der Waals surface area contributed by atoms with Gasteiger partial charge in [0.1, 0.15) is 17.4 Å². The number of ether oxygens (including phenoxy) is 1. The van der Waals surface area contributed by atoms with Gasteiger partial charge < -0.3 is 20.5 Å². The van der Waals surface area contributed by atoms with Gasteiger partial charge in [-0.25, -0.2) is 17.2 Å². The molecule has 0 aromatic heterocycles. The van der Waals surface area contributed by atoms with Crippen LogP contribution in [0.1, 0.15) is 19.3 Å². The number of amides is 2. The van der Waals surface area contributed by atoms with Gasteiger partial charge in [0, 0.05) is 23.9 Å². The molecular weight excluding hydrogens is 470 g/mol. The number of piperidine rings is 1. The van der Waals surface area contributed by atoms with Crippen LogP contribution in [-0.4, -0.2) is 49.8 Å². The van der Waals surface area contributed by atoms with Crippen molar-refractivity contribution in [3.8, 4) is 5.75 Å². The third-order valence-electron chi connectivity index (χ3n) is 6.52. The zero-order valence-electron chi connectivity index (χ0n) is 18.2. The van der Waals surface area contributed by atoms with Gasteiger partial charge in [0.2, 0.25) is 11.8 Å². The van der Waals surface area contributed by atoms with Gasteiger partial charge in [-0.05, 0) is 55.7 Å². The van der Waals surface area contributed by atoms with Gasteiger partial charge in [-0.2, -0.15) is 0 Å². The Balaban J connectivity index is 1.47. The molecule has 1 saturated heterocycles. The number of methoxy groups -OCH3 is 1. The predicted molar refractivity (Wildman–Crippen MR) is 118 cm³/mol. The molecule has 182 valence electrons. The lowest BCUT2D eigenvalue weighted by molar-refractivity contribution is -0.132. The Morgan fingerprint density at radius 1 is 1.15 bits per heavy atom. The average molecular weight is 495 g/mol. The van der Waals surface area contributed by atoms with Crippen molar-refractivity contribution < 1.29 is 36.6 Å². The lowest BCUT2D eigenvalue weighted by atomic mass is 9.73. The second-order valence-electron chi connectivity index (χ2n) is 8.53. The summed E-state index contributed by atoms with van der Waals surface area (Å²) in [6.07, 6.45) is -0.718. The number of fused-ring (bicyclic) bond motifs is 1. The van der Waals surface area contributed by atoms with Crippen molar-refractivity contribution in [2.45, 2.75) is 41.6 Å². The van der Waals surface area contributed by atoms with E-state index in [1.807, 2.05) is 0 Å². The highest BCUT2D eigenvalue weighted by Gasteiger charge is 2.52. The largest absolute Gasteiger partial charge is 0.497 e. The number of anilines is 1. The number of aliphatic hydroxyl groups excluding tert-OH is 1. The maximum Gasteiger partial charge on any atom is 0.241 e. The summed E-state index contributed by atoms with van der Waals surface area (Å²) >= 11 is 0. The van der Waals surface area contributed by atoms with Gasteiger partial charge in [0.05, 0.1) is 23.8 Å². The fourth-order valence-electron chi connectivity index (χ4n) is 4.71. The third-order valence-corrected chi connectivity index (χ3v) is 8.61. The maximum absolute atomic E-state index is 13.9. The van der Waals surface area contributed by atoms with Crippen LogP contribution >= 0.6 is 0 Å². The zero-order chi connectivity index (χ0) is 24.6. The molecule has 3 N–H and O–H groups in total. The zero-order valence-corrected chi connectivity index (χ0v) is 19.0.